The molecule has 1 aromatic carbocycles. The second-order valence-corrected chi connectivity index (χ2v) is 6.33. The molecule has 0 radical (unpaired) electrons. The number of fused-ring (bicyclic) bond motifs is 1. The number of rotatable bonds is 3. The fourth-order valence-corrected chi connectivity index (χ4v) is 2.53. The quantitative estimate of drug-likeness (QED) is 0.712. The fourth-order valence-electron chi connectivity index (χ4n) is 2.14. The van der Waals surface area contributed by atoms with Gasteiger partial charge in [-0.2, -0.15) is 0 Å². The van der Waals surface area contributed by atoms with E-state index in [9.17, 15) is 0 Å². The predicted molar refractivity (Wildman–Crippen MR) is 104 cm³/mol. The summed E-state index contributed by atoms with van der Waals surface area (Å²) < 4.78 is 0. The highest BCUT2D eigenvalue weighted by Gasteiger charge is 1.98. The number of aliphatic hydroxyl groups excluding tert-OH is 1. The normalized spacial score (nSPS) is 13.5. The van der Waals surface area contributed by atoms with Crippen molar-refractivity contribution in [3.8, 4) is 0 Å². The Kier molecular flexibility index (Phi) is 11.8. The zero-order valence-corrected chi connectivity index (χ0v) is 15.5. The first-order valence-electron chi connectivity index (χ1n) is 8.40. The Hall–Kier alpha value is -0.910. The van der Waals surface area contributed by atoms with Crippen molar-refractivity contribution in [1.82, 2.24) is 10.3 Å². The standard InChI is InChI=1S/C9H5Cl2N.C5H11N.C4H11NO/c10-6-1-2-7-8(11)3-4-12-9(7)5-6;1-2-4-6-5-3-1;5-3-1-2-4-6/h1-5H;2*6H,1-5H2. The summed E-state index contributed by atoms with van der Waals surface area (Å²) in [5.41, 5.74) is 5.93. The zero-order chi connectivity index (χ0) is 17.6. The third-order valence-corrected chi connectivity index (χ3v) is 4.04. The van der Waals surface area contributed by atoms with Crippen molar-refractivity contribution in [2.75, 3.05) is 26.2 Å². The molecule has 4 N–H and O–H groups in total. The van der Waals surface area contributed by atoms with E-state index in [-0.39, 0.29) is 6.61 Å². The number of hydrogen-bond acceptors (Lipinski definition) is 4. The molecule has 1 aromatic heterocycles. The number of halogens is 2. The molecule has 0 aliphatic carbocycles. The molecular formula is C18H27Cl2N3O. The van der Waals surface area contributed by atoms with Gasteiger partial charge in [-0.3, -0.25) is 4.98 Å². The van der Waals surface area contributed by atoms with Crippen LogP contribution in [0.3, 0.4) is 0 Å². The van der Waals surface area contributed by atoms with Crippen molar-refractivity contribution < 1.29 is 5.11 Å². The van der Waals surface area contributed by atoms with Gasteiger partial charge in [-0.15, -0.1) is 0 Å². The molecule has 3 rings (SSSR count). The molecule has 1 fully saturated rings. The molecule has 2 aromatic rings. The Morgan fingerprint density at radius 1 is 1.08 bits per heavy atom. The molecule has 0 atom stereocenters. The number of hydrogen-bond donors (Lipinski definition) is 3. The van der Waals surface area contributed by atoms with Crippen molar-refractivity contribution in [2.24, 2.45) is 5.73 Å². The van der Waals surface area contributed by atoms with Crippen LogP contribution in [0.4, 0.5) is 0 Å². The van der Waals surface area contributed by atoms with Gasteiger partial charge in [0.1, 0.15) is 0 Å². The molecule has 1 saturated heterocycles. The summed E-state index contributed by atoms with van der Waals surface area (Å²) in [6.07, 6.45) is 7.67. The summed E-state index contributed by atoms with van der Waals surface area (Å²) in [4.78, 5) is 4.13. The van der Waals surface area contributed by atoms with E-state index in [0.29, 0.717) is 16.6 Å². The molecule has 0 bridgehead atoms. The molecule has 6 heteroatoms. The van der Waals surface area contributed by atoms with Gasteiger partial charge in [0.05, 0.1) is 10.5 Å². The second kappa shape index (κ2) is 13.4. The van der Waals surface area contributed by atoms with Gasteiger partial charge in [0.2, 0.25) is 0 Å². The van der Waals surface area contributed by atoms with E-state index in [1.165, 1.54) is 32.4 Å². The fraction of sp³-hybridized carbons (Fsp3) is 0.500. The van der Waals surface area contributed by atoms with Gasteiger partial charge >= 0.3 is 0 Å². The van der Waals surface area contributed by atoms with E-state index in [1.54, 1.807) is 24.4 Å². The van der Waals surface area contributed by atoms with Crippen molar-refractivity contribution in [3.63, 3.8) is 0 Å². The monoisotopic (exact) mass is 371 g/mol. The van der Waals surface area contributed by atoms with E-state index in [1.807, 2.05) is 6.07 Å². The predicted octanol–water partition coefficient (Wildman–Crippen LogP) is 4.02. The van der Waals surface area contributed by atoms with Gasteiger partial charge in [-0.25, -0.2) is 0 Å². The minimum Gasteiger partial charge on any atom is -0.396 e. The van der Waals surface area contributed by atoms with Crippen LogP contribution in [-0.2, 0) is 0 Å². The summed E-state index contributed by atoms with van der Waals surface area (Å²) in [5, 5.41) is 13.7. The Bertz CT molecular complexity index is 562. The maximum atomic E-state index is 8.14. The Labute approximate surface area is 154 Å². The summed E-state index contributed by atoms with van der Waals surface area (Å²) >= 11 is 11.7. The molecule has 4 nitrogen and oxygen atoms in total. The molecule has 1 aliphatic rings. The van der Waals surface area contributed by atoms with Crippen molar-refractivity contribution >= 4 is 34.1 Å². The summed E-state index contributed by atoms with van der Waals surface area (Å²) in [7, 11) is 0. The van der Waals surface area contributed by atoms with Crippen LogP contribution in [0.1, 0.15) is 32.1 Å². The van der Waals surface area contributed by atoms with Gasteiger partial charge in [0, 0.05) is 23.2 Å². The summed E-state index contributed by atoms with van der Waals surface area (Å²) in [6.45, 7) is 3.47. The van der Waals surface area contributed by atoms with Crippen LogP contribution < -0.4 is 11.1 Å². The molecule has 2 heterocycles. The van der Waals surface area contributed by atoms with Gasteiger partial charge < -0.3 is 16.2 Å². The SMILES string of the molecule is C1CCNCC1.Clc1ccc2c(Cl)ccnc2c1.NCCCCO. The number of piperidine rings is 1. The number of benzene rings is 1. The third-order valence-electron chi connectivity index (χ3n) is 3.47. The number of nitrogens with one attached hydrogen (secondary N) is 1. The number of aliphatic hydroxyl groups is 1. The average molecular weight is 372 g/mol. The Morgan fingerprint density at radius 2 is 1.83 bits per heavy atom. The first kappa shape index (κ1) is 21.1. The first-order valence-corrected chi connectivity index (χ1v) is 9.16. The van der Waals surface area contributed by atoms with Crippen molar-refractivity contribution in [2.45, 2.75) is 32.1 Å². The van der Waals surface area contributed by atoms with Gasteiger partial charge in [-0.1, -0.05) is 29.6 Å². The third kappa shape index (κ3) is 8.81. The number of pyridine rings is 1. The zero-order valence-electron chi connectivity index (χ0n) is 14.0. The van der Waals surface area contributed by atoms with Crippen LogP contribution in [0, 0.1) is 0 Å². The lowest BCUT2D eigenvalue weighted by molar-refractivity contribution is 0.285. The number of aromatic nitrogens is 1. The largest absolute Gasteiger partial charge is 0.396 e. The molecule has 0 spiro atoms. The lowest BCUT2D eigenvalue weighted by Gasteiger charge is -2.08. The van der Waals surface area contributed by atoms with Gasteiger partial charge in [0.25, 0.3) is 0 Å². The van der Waals surface area contributed by atoms with Crippen LogP contribution >= 0.6 is 23.2 Å². The van der Waals surface area contributed by atoms with E-state index >= 15 is 0 Å². The highest BCUT2D eigenvalue weighted by atomic mass is 35.5. The first-order chi connectivity index (χ1) is 11.7. The van der Waals surface area contributed by atoms with Crippen LogP contribution in [0.25, 0.3) is 10.9 Å². The maximum absolute atomic E-state index is 8.14. The summed E-state index contributed by atoms with van der Waals surface area (Å²) in [5.74, 6) is 0. The molecule has 24 heavy (non-hydrogen) atoms. The van der Waals surface area contributed by atoms with Gasteiger partial charge in [-0.05, 0) is 69.6 Å². The molecular weight excluding hydrogens is 345 g/mol. The molecule has 0 saturated carbocycles. The summed E-state index contributed by atoms with van der Waals surface area (Å²) in [6, 6.07) is 7.23. The van der Waals surface area contributed by atoms with E-state index < -0.39 is 0 Å². The number of nitrogens with two attached hydrogens (primary N) is 1. The highest BCUT2D eigenvalue weighted by molar-refractivity contribution is 6.36. The van der Waals surface area contributed by atoms with Crippen LogP contribution in [0.2, 0.25) is 10.0 Å². The Balaban J connectivity index is 0.000000203. The lowest BCUT2D eigenvalue weighted by atomic mass is 10.2. The molecule has 1 aliphatic heterocycles. The van der Waals surface area contributed by atoms with E-state index in [2.05, 4.69) is 10.3 Å². The average Bonchev–Trinajstić information content (AvgIpc) is 2.62. The van der Waals surface area contributed by atoms with E-state index in [4.69, 9.17) is 34.0 Å². The smallest absolute Gasteiger partial charge is 0.0731 e. The second-order valence-electron chi connectivity index (χ2n) is 5.48. The lowest BCUT2D eigenvalue weighted by Crippen LogP contribution is -2.21. The molecule has 0 unspecified atom stereocenters. The minimum absolute atomic E-state index is 0.275. The Morgan fingerprint density at radius 3 is 2.33 bits per heavy atom. The molecule has 0 amide bonds. The van der Waals surface area contributed by atoms with Crippen LogP contribution in [-0.4, -0.2) is 36.3 Å². The minimum atomic E-state index is 0.275. The van der Waals surface area contributed by atoms with Crippen molar-refractivity contribution in [3.05, 3.63) is 40.5 Å². The number of unbranched alkanes of at least 4 members (excludes halogenated alkanes) is 1. The van der Waals surface area contributed by atoms with Crippen molar-refractivity contribution in [1.29, 1.82) is 0 Å². The van der Waals surface area contributed by atoms with Crippen LogP contribution in [0.15, 0.2) is 30.5 Å². The maximum Gasteiger partial charge on any atom is 0.0731 e. The highest BCUT2D eigenvalue weighted by Crippen LogP contribution is 2.23. The van der Waals surface area contributed by atoms with E-state index in [0.717, 1.165) is 23.7 Å². The van der Waals surface area contributed by atoms with Crippen LogP contribution in [0.5, 0.6) is 0 Å². The topological polar surface area (TPSA) is 71.2 Å². The van der Waals surface area contributed by atoms with Gasteiger partial charge in [0.15, 0.2) is 0 Å². The molecule has 134 valence electrons. The number of nitrogens with zero attached hydrogens (tertiary/aromatic N) is 1.